The van der Waals surface area contributed by atoms with Gasteiger partial charge in [-0.2, -0.15) is 4.31 Å². The van der Waals surface area contributed by atoms with E-state index < -0.39 is 21.8 Å². The number of furan rings is 1. The molecule has 118 valence electrons. The molecule has 1 heterocycles. The molecule has 0 aliphatic heterocycles. The average Bonchev–Trinajstić information content (AvgIpc) is 2.81. The molecule has 6 nitrogen and oxygen atoms in total. The number of nitrogens with zero attached hydrogens (tertiary/aromatic N) is 1. The Balaban J connectivity index is 2.30. The molecule has 0 amide bonds. The number of hydrogen-bond acceptors (Lipinski definition) is 4. The minimum absolute atomic E-state index is 0.0613. The van der Waals surface area contributed by atoms with Crippen LogP contribution in [-0.4, -0.2) is 36.9 Å². The predicted octanol–water partition coefficient (Wildman–Crippen LogP) is 2.94. The molecule has 1 aromatic rings. The number of carboxylic acids is 1. The van der Waals surface area contributed by atoms with Gasteiger partial charge in [-0.3, -0.25) is 0 Å². The standard InChI is InChI=1S/C13H18BrNO5S/c1-8-4-3-5-9(6-8)15(2)21(18,19)11-7-10(13(16)17)20-12(11)14/h7-9H,3-6H2,1-2H3,(H,16,17). The maximum Gasteiger partial charge on any atom is 0.371 e. The molecule has 1 aliphatic carbocycles. The van der Waals surface area contributed by atoms with Gasteiger partial charge in [0.05, 0.1) is 0 Å². The molecule has 1 saturated carbocycles. The van der Waals surface area contributed by atoms with Gasteiger partial charge in [-0.05, 0) is 34.7 Å². The molecule has 0 aromatic carbocycles. The molecule has 2 unspecified atom stereocenters. The van der Waals surface area contributed by atoms with Gasteiger partial charge in [0.25, 0.3) is 0 Å². The van der Waals surface area contributed by atoms with Crippen molar-refractivity contribution in [2.24, 2.45) is 5.92 Å². The maximum atomic E-state index is 12.6. The van der Waals surface area contributed by atoms with Crippen molar-refractivity contribution < 1.29 is 22.7 Å². The third-order valence-electron chi connectivity index (χ3n) is 3.95. The smallest absolute Gasteiger partial charge is 0.371 e. The van der Waals surface area contributed by atoms with Crippen molar-refractivity contribution in [2.45, 2.75) is 43.5 Å². The van der Waals surface area contributed by atoms with Gasteiger partial charge in [0, 0.05) is 19.2 Å². The molecule has 2 rings (SSSR count). The number of rotatable bonds is 4. The summed E-state index contributed by atoms with van der Waals surface area (Å²) in [5.41, 5.74) is 0. The van der Waals surface area contributed by atoms with E-state index in [9.17, 15) is 13.2 Å². The van der Waals surface area contributed by atoms with Crippen molar-refractivity contribution >= 4 is 31.9 Å². The van der Waals surface area contributed by atoms with E-state index >= 15 is 0 Å². The fourth-order valence-corrected chi connectivity index (χ4v) is 5.01. The topological polar surface area (TPSA) is 87.8 Å². The first-order valence-corrected chi connectivity index (χ1v) is 8.97. The molecular formula is C13H18BrNO5S. The molecule has 0 spiro atoms. The van der Waals surface area contributed by atoms with Crippen molar-refractivity contribution in [3.8, 4) is 0 Å². The van der Waals surface area contributed by atoms with Crippen molar-refractivity contribution in [3.05, 3.63) is 16.5 Å². The zero-order valence-corrected chi connectivity index (χ0v) is 14.3. The van der Waals surface area contributed by atoms with Gasteiger partial charge >= 0.3 is 5.97 Å². The summed E-state index contributed by atoms with van der Waals surface area (Å²) < 4.78 is 31.5. The molecule has 1 N–H and O–H groups in total. The Labute approximate surface area is 132 Å². The van der Waals surface area contributed by atoms with E-state index in [2.05, 4.69) is 22.9 Å². The average molecular weight is 380 g/mol. The number of carboxylic acid groups (broad SMARTS) is 1. The lowest BCUT2D eigenvalue weighted by Gasteiger charge is -2.33. The largest absolute Gasteiger partial charge is 0.475 e. The van der Waals surface area contributed by atoms with E-state index in [1.807, 2.05) is 0 Å². The third kappa shape index (κ3) is 3.32. The van der Waals surface area contributed by atoms with E-state index in [1.165, 1.54) is 11.4 Å². The summed E-state index contributed by atoms with van der Waals surface area (Å²) in [6.45, 7) is 2.11. The monoisotopic (exact) mass is 379 g/mol. The van der Waals surface area contributed by atoms with Crippen molar-refractivity contribution in [1.82, 2.24) is 4.31 Å². The Kier molecular flexibility index (Phi) is 4.79. The second-order valence-electron chi connectivity index (χ2n) is 5.50. The van der Waals surface area contributed by atoms with Gasteiger partial charge < -0.3 is 9.52 Å². The Bertz CT molecular complexity index is 639. The molecule has 2 atom stereocenters. The van der Waals surface area contributed by atoms with Crippen LogP contribution in [0.1, 0.15) is 43.2 Å². The van der Waals surface area contributed by atoms with Gasteiger partial charge in [0.1, 0.15) is 4.90 Å². The van der Waals surface area contributed by atoms with Crippen LogP contribution in [0.25, 0.3) is 0 Å². The summed E-state index contributed by atoms with van der Waals surface area (Å²) in [6.07, 6.45) is 3.75. The summed E-state index contributed by atoms with van der Waals surface area (Å²) in [7, 11) is -2.24. The van der Waals surface area contributed by atoms with Crippen LogP contribution in [0, 0.1) is 5.92 Å². The number of aromatic carboxylic acids is 1. The predicted molar refractivity (Wildman–Crippen MR) is 79.7 cm³/mol. The summed E-state index contributed by atoms with van der Waals surface area (Å²) in [5.74, 6) is -1.21. The maximum absolute atomic E-state index is 12.6. The van der Waals surface area contributed by atoms with Crippen molar-refractivity contribution in [1.29, 1.82) is 0 Å². The van der Waals surface area contributed by atoms with E-state index in [0.717, 1.165) is 31.7 Å². The van der Waals surface area contributed by atoms with Crippen LogP contribution in [0.2, 0.25) is 0 Å². The summed E-state index contributed by atoms with van der Waals surface area (Å²) in [6, 6.07) is 0.985. The minimum Gasteiger partial charge on any atom is -0.475 e. The van der Waals surface area contributed by atoms with Crippen molar-refractivity contribution in [2.75, 3.05) is 7.05 Å². The lowest BCUT2D eigenvalue weighted by Crippen LogP contribution is -2.39. The number of halogens is 1. The van der Waals surface area contributed by atoms with Gasteiger partial charge in [0.2, 0.25) is 15.8 Å². The van der Waals surface area contributed by atoms with Gasteiger partial charge in [-0.15, -0.1) is 0 Å². The molecule has 0 radical (unpaired) electrons. The minimum atomic E-state index is -3.78. The van der Waals surface area contributed by atoms with Crippen LogP contribution in [0.4, 0.5) is 0 Å². The van der Waals surface area contributed by atoms with Crippen LogP contribution >= 0.6 is 15.9 Å². The highest BCUT2D eigenvalue weighted by molar-refractivity contribution is 9.10. The van der Waals surface area contributed by atoms with Crippen LogP contribution < -0.4 is 0 Å². The molecule has 1 aromatic heterocycles. The summed E-state index contributed by atoms with van der Waals surface area (Å²) in [4.78, 5) is 10.7. The molecule has 1 aliphatic rings. The number of carbonyl (C=O) groups is 1. The third-order valence-corrected chi connectivity index (χ3v) is 6.71. The zero-order valence-electron chi connectivity index (χ0n) is 11.9. The molecule has 21 heavy (non-hydrogen) atoms. The number of hydrogen-bond donors (Lipinski definition) is 1. The summed E-state index contributed by atoms with van der Waals surface area (Å²) in [5, 5.41) is 8.89. The fraction of sp³-hybridized carbons (Fsp3) is 0.615. The molecular weight excluding hydrogens is 362 g/mol. The second kappa shape index (κ2) is 6.10. The molecule has 1 fully saturated rings. The normalized spacial score (nSPS) is 23.4. The molecule has 8 heteroatoms. The van der Waals surface area contributed by atoms with Gasteiger partial charge in [0.15, 0.2) is 4.67 Å². The first-order valence-electron chi connectivity index (χ1n) is 6.74. The Morgan fingerprint density at radius 3 is 2.67 bits per heavy atom. The fourth-order valence-electron chi connectivity index (χ4n) is 2.72. The first-order chi connectivity index (χ1) is 9.73. The SMILES string of the molecule is CC1CCCC(N(C)S(=O)(=O)c2cc(C(=O)O)oc2Br)C1. The van der Waals surface area contributed by atoms with E-state index in [4.69, 9.17) is 9.52 Å². The van der Waals surface area contributed by atoms with E-state index in [-0.39, 0.29) is 15.6 Å². The molecule has 0 bridgehead atoms. The Morgan fingerprint density at radius 1 is 1.48 bits per heavy atom. The van der Waals surface area contributed by atoms with Crippen LogP contribution in [0.15, 0.2) is 20.0 Å². The molecule has 0 saturated heterocycles. The Morgan fingerprint density at radius 2 is 2.14 bits per heavy atom. The highest BCUT2D eigenvalue weighted by Crippen LogP contribution is 2.33. The highest BCUT2D eigenvalue weighted by atomic mass is 79.9. The lowest BCUT2D eigenvalue weighted by molar-refractivity contribution is 0.0661. The Hall–Kier alpha value is -0.860. The first kappa shape index (κ1) is 16.5. The van der Waals surface area contributed by atoms with E-state index in [0.29, 0.717) is 5.92 Å². The number of sulfonamides is 1. The van der Waals surface area contributed by atoms with Crippen LogP contribution in [0.3, 0.4) is 0 Å². The van der Waals surface area contributed by atoms with Gasteiger partial charge in [-0.1, -0.05) is 19.8 Å². The summed E-state index contributed by atoms with van der Waals surface area (Å²) >= 11 is 2.99. The highest BCUT2D eigenvalue weighted by Gasteiger charge is 2.34. The van der Waals surface area contributed by atoms with Gasteiger partial charge in [-0.25, -0.2) is 13.2 Å². The van der Waals surface area contributed by atoms with E-state index in [1.54, 1.807) is 0 Å². The second-order valence-corrected chi connectivity index (χ2v) is 8.19. The van der Waals surface area contributed by atoms with Crippen LogP contribution in [0.5, 0.6) is 0 Å². The zero-order chi connectivity index (χ0) is 15.8. The quantitative estimate of drug-likeness (QED) is 0.868. The van der Waals surface area contributed by atoms with Crippen LogP contribution in [-0.2, 0) is 10.0 Å². The lowest BCUT2D eigenvalue weighted by atomic mass is 9.87. The van der Waals surface area contributed by atoms with Crippen molar-refractivity contribution in [3.63, 3.8) is 0 Å².